The van der Waals surface area contributed by atoms with Gasteiger partial charge in [0.15, 0.2) is 0 Å². The molecule has 0 radical (unpaired) electrons. The molecule has 0 amide bonds. The van der Waals surface area contributed by atoms with E-state index in [1.165, 1.54) is 6.20 Å². The number of pyridine rings is 1. The molecular formula is C6H4BrFIN. The van der Waals surface area contributed by atoms with Crippen LogP contribution in [0.1, 0.15) is 5.56 Å². The fourth-order valence-electron chi connectivity index (χ4n) is 0.554. The first-order valence-corrected chi connectivity index (χ1v) is 4.80. The van der Waals surface area contributed by atoms with E-state index in [4.69, 9.17) is 0 Å². The molecule has 4 heteroatoms. The molecule has 1 heterocycles. The molecule has 0 aliphatic heterocycles. The highest BCUT2D eigenvalue weighted by Gasteiger charge is 2.00. The average molecular weight is 316 g/mol. The Morgan fingerprint density at radius 2 is 2.40 bits per heavy atom. The maximum atomic E-state index is 12.7. The molecule has 0 bridgehead atoms. The fraction of sp³-hybridized carbons (Fsp3) is 0.167. The summed E-state index contributed by atoms with van der Waals surface area (Å²) in [5.41, 5.74) is 0.652. The summed E-state index contributed by atoms with van der Waals surface area (Å²) in [6.45, 7) is 0. The maximum Gasteiger partial charge on any atom is 0.145 e. The zero-order chi connectivity index (χ0) is 7.56. The highest BCUT2D eigenvalue weighted by molar-refractivity contribution is 14.1. The van der Waals surface area contributed by atoms with Gasteiger partial charge >= 0.3 is 0 Å². The second kappa shape index (κ2) is 3.61. The zero-order valence-corrected chi connectivity index (χ0v) is 8.69. The van der Waals surface area contributed by atoms with Crippen molar-refractivity contribution in [3.63, 3.8) is 0 Å². The van der Waals surface area contributed by atoms with Crippen molar-refractivity contribution < 1.29 is 4.39 Å². The van der Waals surface area contributed by atoms with Crippen LogP contribution in [0.2, 0.25) is 0 Å². The molecule has 0 atom stereocenters. The summed E-state index contributed by atoms with van der Waals surface area (Å²) in [5, 5.41) is 0.539. The topological polar surface area (TPSA) is 12.9 Å². The molecule has 1 rings (SSSR count). The lowest BCUT2D eigenvalue weighted by Crippen LogP contribution is -1.89. The van der Waals surface area contributed by atoms with Gasteiger partial charge < -0.3 is 0 Å². The van der Waals surface area contributed by atoms with Gasteiger partial charge in [-0.05, 0) is 28.7 Å². The Morgan fingerprint density at radius 1 is 1.70 bits per heavy atom. The van der Waals surface area contributed by atoms with Crippen LogP contribution in [0.3, 0.4) is 0 Å². The molecule has 1 nitrogen and oxygen atoms in total. The van der Waals surface area contributed by atoms with E-state index in [0.29, 0.717) is 10.9 Å². The quantitative estimate of drug-likeness (QED) is 0.441. The molecule has 0 aromatic carbocycles. The van der Waals surface area contributed by atoms with Crippen molar-refractivity contribution in [2.24, 2.45) is 0 Å². The van der Waals surface area contributed by atoms with Crippen LogP contribution in [0.25, 0.3) is 0 Å². The Hall–Kier alpha value is 0.290. The molecule has 0 fully saturated rings. The van der Waals surface area contributed by atoms with E-state index in [9.17, 15) is 4.39 Å². The molecule has 10 heavy (non-hydrogen) atoms. The van der Waals surface area contributed by atoms with Crippen LogP contribution in [0, 0.1) is 9.52 Å². The van der Waals surface area contributed by atoms with E-state index in [0.717, 1.165) is 3.70 Å². The summed E-state index contributed by atoms with van der Waals surface area (Å²) < 4.78 is 13.5. The molecule has 0 saturated heterocycles. The molecule has 0 saturated carbocycles. The number of nitrogens with zero attached hydrogens (tertiary/aromatic N) is 1. The van der Waals surface area contributed by atoms with Crippen molar-refractivity contribution in [3.8, 4) is 0 Å². The highest BCUT2D eigenvalue weighted by Crippen LogP contribution is 2.12. The smallest absolute Gasteiger partial charge is 0.145 e. The molecular weight excluding hydrogens is 312 g/mol. The number of hydrogen-bond acceptors (Lipinski definition) is 1. The van der Waals surface area contributed by atoms with Crippen LogP contribution in [0.4, 0.5) is 4.39 Å². The van der Waals surface area contributed by atoms with Crippen LogP contribution >= 0.6 is 38.5 Å². The van der Waals surface area contributed by atoms with E-state index in [-0.39, 0.29) is 5.82 Å². The minimum absolute atomic E-state index is 0.253. The molecule has 1 aromatic rings. The lowest BCUT2D eigenvalue weighted by molar-refractivity contribution is 0.610. The van der Waals surface area contributed by atoms with Gasteiger partial charge in [-0.2, -0.15) is 0 Å². The third kappa shape index (κ3) is 1.88. The highest BCUT2D eigenvalue weighted by atomic mass is 127. The molecule has 0 spiro atoms. The third-order valence-corrected chi connectivity index (χ3v) is 2.24. The Kier molecular flexibility index (Phi) is 3.03. The van der Waals surface area contributed by atoms with Gasteiger partial charge in [0.25, 0.3) is 0 Å². The van der Waals surface area contributed by atoms with Gasteiger partial charge in [-0.3, -0.25) is 0 Å². The average Bonchev–Trinajstić information content (AvgIpc) is 1.94. The Labute approximate surface area is 80.3 Å². The van der Waals surface area contributed by atoms with Gasteiger partial charge in [-0.1, -0.05) is 15.9 Å². The second-order valence-corrected chi connectivity index (χ2v) is 3.40. The predicted molar refractivity (Wildman–Crippen MR) is 49.5 cm³/mol. The van der Waals surface area contributed by atoms with E-state index in [1.807, 2.05) is 22.6 Å². The van der Waals surface area contributed by atoms with Gasteiger partial charge in [0.2, 0.25) is 0 Å². The molecule has 1 aromatic heterocycles. The van der Waals surface area contributed by atoms with Crippen LogP contribution < -0.4 is 0 Å². The van der Waals surface area contributed by atoms with Crippen molar-refractivity contribution in [2.45, 2.75) is 5.33 Å². The molecule has 54 valence electrons. The van der Waals surface area contributed by atoms with Crippen LogP contribution in [-0.4, -0.2) is 4.98 Å². The molecule has 0 N–H and O–H groups in total. The van der Waals surface area contributed by atoms with Gasteiger partial charge in [0, 0.05) is 10.9 Å². The standard InChI is InChI=1S/C6H4BrFIN/c7-2-4-1-6(9)10-3-5(4)8/h1,3H,2H2. The fourth-order valence-corrected chi connectivity index (χ4v) is 1.50. The molecule has 0 aliphatic carbocycles. The SMILES string of the molecule is Fc1cnc(I)cc1CBr. The first kappa shape index (κ1) is 8.39. The van der Waals surface area contributed by atoms with E-state index >= 15 is 0 Å². The van der Waals surface area contributed by atoms with Crippen molar-refractivity contribution in [2.75, 3.05) is 0 Å². The minimum atomic E-state index is -0.253. The number of hydrogen-bond donors (Lipinski definition) is 0. The summed E-state index contributed by atoms with van der Waals surface area (Å²) in [6, 6.07) is 1.71. The molecule has 0 aliphatic rings. The van der Waals surface area contributed by atoms with Crippen molar-refractivity contribution in [1.82, 2.24) is 4.98 Å². The lowest BCUT2D eigenvalue weighted by Gasteiger charge is -1.96. The summed E-state index contributed by atoms with van der Waals surface area (Å²) in [6.07, 6.45) is 1.23. The number of halogens is 3. The second-order valence-electron chi connectivity index (χ2n) is 1.73. The van der Waals surface area contributed by atoms with Crippen LogP contribution in [0.15, 0.2) is 12.3 Å². The summed E-state index contributed by atoms with van der Waals surface area (Å²) >= 11 is 5.22. The largest absolute Gasteiger partial charge is 0.247 e. The number of aromatic nitrogens is 1. The minimum Gasteiger partial charge on any atom is -0.247 e. The van der Waals surface area contributed by atoms with E-state index in [1.54, 1.807) is 6.07 Å². The van der Waals surface area contributed by atoms with Crippen molar-refractivity contribution in [1.29, 1.82) is 0 Å². The summed E-state index contributed by atoms with van der Waals surface area (Å²) in [5.74, 6) is -0.253. The monoisotopic (exact) mass is 315 g/mol. The molecule has 0 unspecified atom stereocenters. The summed E-state index contributed by atoms with van der Waals surface area (Å²) in [7, 11) is 0. The van der Waals surface area contributed by atoms with Gasteiger partial charge in [-0.15, -0.1) is 0 Å². The lowest BCUT2D eigenvalue weighted by atomic mass is 10.3. The van der Waals surface area contributed by atoms with Crippen LogP contribution in [0.5, 0.6) is 0 Å². The summed E-state index contributed by atoms with van der Waals surface area (Å²) in [4.78, 5) is 3.78. The number of alkyl halides is 1. The first-order chi connectivity index (χ1) is 4.74. The van der Waals surface area contributed by atoms with Gasteiger partial charge in [0.05, 0.1) is 6.20 Å². The van der Waals surface area contributed by atoms with Crippen LogP contribution in [-0.2, 0) is 5.33 Å². The third-order valence-electron chi connectivity index (χ3n) is 1.05. The normalized spacial score (nSPS) is 9.90. The number of rotatable bonds is 1. The van der Waals surface area contributed by atoms with Crippen molar-refractivity contribution >= 4 is 38.5 Å². The Bertz CT molecular complexity index is 241. The van der Waals surface area contributed by atoms with E-state index < -0.39 is 0 Å². The maximum absolute atomic E-state index is 12.7. The van der Waals surface area contributed by atoms with E-state index in [2.05, 4.69) is 20.9 Å². The van der Waals surface area contributed by atoms with Crippen molar-refractivity contribution in [3.05, 3.63) is 27.3 Å². The van der Waals surface area contributed by atoms with Gasteiger partial charge in [-0.25, -0.2) is 9.37 Å². The van der Waals surface area contributed by atoms with Gasteiger partial charge in [0.1, 0.15) is 9.52 Å². The first-order valence-electron chi connectivity index (χ1n) is 2.60. The predicted octanol–water partition coefficient (Wildman–Crippen LogP) is 2.72. The Morgan fingerprint density at radius 3 is 2.90 bits per heavy atom. The Balaban J connectivity index is 3.09. The zero-order valence-electron chi connectivity index (χ0n) is 4.94.